The fourth-order valence-corrected chi connectivity index (χ4v) is 1.08. The summed E-state index contributed by atoms with van der Waals surface area (Å²) < 4.78 is 4.98. The highest BCUT2D eigenvalue weighted by Gasteiger charge is 2.00. The number of methoxy groups -OCH3 is 1. The van der Waals surface area contributed by atoms with Crippen molar-refractivity contribution in [1.29, 1.82) is 0 Å². The van der Waals surface area contributed by atoms with Gasteiger partial charge in [0.05, 0.1) is 7.11 Å². The van der Waals surface area contributed by atoms with Crippen LogP contribution in [0.1, 0.15) is 10.4 Å². The molecule has 0 radical (unpaired) electrons. The zero-order valence-corrected chi connectivity index (χ0v) is 8.16. The summed E-state index contributed by atoms with van der Waals surface area (Å²) in [4.78, 5) is 10.8. The van der Waals surface area contributed by atoms with Crippen LogP contribution < -0.4 is 4.74 Å². The molecule has 0 heterocycles. The first-order chi connectivity index (χ1) is 5.24. The lowest BCUT2D eigenvalue weighted by Crippen LogP contribution is -1.89. The van der Waals surface area contributed by atoms with Crippen molar-refractivity contribution in [3.63, 3.8) is 0 Å². The Morgan fingerprint density at radius 1 is 1.55 bits per heavy atom. The lowest BCUT2D eigenvalue weighted by molar-refractivity contribution is 0.110. The van der Waals surface area contributed by atoms with Crippen molar-refractivity contribution in [2.45, 2.75) is 0 Å². The maximum absolute atomic E-state index is 10.8. The predicted molar refractivity (Wildman–Crippen MR) is 51.3 cm³/mol. The van der Waals surface area contributed by atoms with Crippen LogP contribution in [-0.2, 0) is 0 Å². The molecule has 0 aliphatic rings. The van der Waals surface area contributed by atoms with E-state index in [9.17, 15) is 4.79 Å². The minimum absolute atomic E-state index is 0.0292. The Kier molecular flexibility index (Phi) is 2.87. The molecule has 1 aromatic carbocycles. The van der Waals surface area contributed by atoms with Crippen LogP contribution in [0.5, 0.6) is 5.75 Å². The van der Waals surface area contributed by atoms with Crippen molar-refractivity contribution < 1.29 is 9.53 Å². The van der Waals surface area contributed by atoms with E-state index < -0.39 is 0 Å². The van der Waals surface area contributed by atoms with Crippen molar-refractivity contribution in [1.82, 2.24) is 0 Å². The van der Waals surface area contributed by atoms with Crippen LogP contribution >= 0.6 is 22.6 Å². The van der Waals surface area contributed by atoms with Gasteiger partial charge in [-0.3, -0.25) is 4.79 Å². The van der Waals surface area contributed by atoms with E-state index in [2.05, 4.69) is 0 Å². The number of hydrogen-bond acceptors (Lipinski definition) is 2. The first-order valence-electron chi connectivity index (χ1n) is 3.08. The van der Waals surface area contributed by atoms with E-state index in [0.717, 1.165) is 0 Å². The zero-order valence-electron chi connectivity index (χ0n) is 6.00. The molecule has 58 valence electrons. The smallest absolute Gasteiger partial charge is 0.222 e. The molecule has 0 spiro atoms. The Morgan fingerprint density at radius 2 is 2.27 bits per heavy atom. The minimum atomic E-state index is 0.0292. The molecule has 0 aromatic heterocycles. The van der Waals surface area contributed by atoms with Crippen LogP contribution in [0, 0.1) is 0 Å². The summed E-state index contributed by atoms with van der Waals surface area (Å²) in [6.45, 7) is 0. The van der Waals surface area contributed by atoms with Gasteiger partial charge in [0.25, 0.3) is 0 Å². The second-order valence-corrected chi connectivity index (χ2v) is 2.99. The SMILES string of the molecule is COc1cccc(C(=O)I)c1. The second kappa shape index (κ2) is 3.71. The lowest BCUT2D eigenvalue weighted by atomic mass is 10.2. The molecule has 1 rings (SSSR count). The molecule has 11 heavy (non-hydrogen) atoms. The average molecular weight is 262 g/mol. The second-order valence-electron chi connectivity index (χ2n) is 2.01. The molecule has 0 fully saturated rings. The quantitative estimate of drug-likeness (QED) is 0.603. The number of carbonyl (C=O) groups excluding carboxylic acids is 1. The molecule has 0 saturated carbocycles. The highest BCUT2D eigenvalue weighted by molar-refractivity contribution is 14.1. The number of hydrogen-bond donors (Lipinski definition) is 0. The van der Waals surface area contributed by atoms with Gasteiger partial charge in [-0.05, 0) is 12.1 Å². The standard InChI is InChI=1S/C8H7IO2/c1-11-7-4-2-3-6(5-7)8(9)10/h2-5H,1H3. The Morgan fingerprint density at radius 3 is 2.82 bits per heavy atom. The maximum atomic E-state index is 10.8. The average Bonchev–Trinajstić information content (AvgIpc) is 2.05. The van der Waals surface area contributed by atoms with Crippen LogP contribution in [0.15, 0.2) is 24.3 Å². The third-order valence-corrected chi connectivity index (χ3v) is 1.92. The van der Waals surface area contributed by atoms with Crippen molar-refractivity contribution in [2.75, 3.05) is 7.11 Å². The molecule has 0 N–H and O–H groups in total. The van der Waals surface area contributed by atoms with E-state index >= 15 is 0 Å². The third kappa shape index (κ3) is 2.18. The van der Waals surface area contributed by atoms with Crippen LogP contribution in [0.2, 0.25) is 0 Å². The molecule has 0 bridgehead atoms. The Bertz CT molecular complexity index is 271. The fraction of sp³-hybridized carbons (Fsp3) is 0.125. The summed E-state index contributed by atoms with van der Waals surface area (Å²) in [5.41, 5.74) is 0.671. The van der Waals surface area contributed by atoms with E-state index in [1.165, 1.54) is 0 Å². The monoisotopic (exact) mass is 262 g/mol. The van der Waals surface area contributed by atoms with Gasteiger partial charge < -0.3 is 4.74 Å². The molecule has 0 atom stereocenters. The van der Waals surface area contributed by atoms with Crippen molar-refractivity contribution in [2.24, 2.45) is 0 Å². The van der Waals surface area contributed by atoms with Gasteiger partial charge in [0.1, 0.15) is 5.75 Å². The zero-order chi connectivity index (χ0) is 8.27. The molecule has 0 aliphatic heterocycles. The summed E-state index contributed by atoms with van der Waals surface area (Å²) in [5.74, 6) is 0.715. The van der Waals surface area contributed by atoms with Gasteiger partial charge in [-0.2, -0.15) is 0 Å². The van der Waals surface area contributed by atoms with Crippen LogP contribution in [0.25, 0.3) is 0 Å². The third-order valence-electron chi connectivity index (χ3n) is 1.30. The molecule has 0 saturated heterocycles. The molecule has 0 aliphatic carbocycles. The molecule has 3 heteroatoms. The van der Waals surface area contributed by atoms with E-state index in [1.807, 2.05) is 6.07 Å². The number of carbonyl (C=O) groups is 1. The molecule has 0 amide bonds. The van der Waals surface area contributed by atoms with Crippen LogP contribution in [0.3, 0.4) is 0 Å². The van der Waals surface area contributed by atoms with Crippen molar-refractivity contribution in [3.05, 3.63) is 29.8 Å². The fourth-order valence-electron chi connectivity index (χ4n) is 0.745. The van der Waals surface area contributed by atoms with Gasteiger partial charge >= 0.3 is 0 Å². The topological polar surface area (TPSA) is 26.3 Å². The summed E-state index contributed by atoms with van der Waals surface area (Å²) >= 11 is 1.75. The normalized spacial score (nSPS) is 9.27. The van der Waals surface area contributed by atoms with Gasteiger partial charge in [-0.15, -0.1) is 0 Å². The molecule has 0 unspecified atom stereocenters. The first-order valence-corrected chi connectivity index (χ1v) is 4.16. The molecule has 2 nitrogen and oxygen atoms in total. The van der Waals surface area contributed by atoms with Gasteiger partial charge in [0, 0.05) is 28.2 Å². The van der Waals surface area contributed by atoms with Crippen molar-refractivity contribution >= 4 is 26.4 Å². The minimum Gasteiger partial charge on any atom is -0.497 e. The Labute approximate surface area is 78.7 Å². The highest BCUT2D eigenvalue weighted by atomic mass is 127. The van der Waals surface area contributed by atoms with E-state index in [-0.39, 0.29) is 3.79 Å². The predicted octanol–water partition coefficient (Wildman–Crippen LogP) is 2.27. The number of benzene rings is 1. The molecular weight excluding hydrogens is 255 g/mol. The molecular formula is C8H7IO2. The van der Waals surface area contributed by atoms with Gasteiger partial charge in [0.15, 0.2) is 0 Å². The molecule has 1 aromatic rings. The number of rotatable bonds is 2. The van der Waals surface area contributed by atoms with Crippen LogP contribution in [-0.4, -0.2) is 10.9 Å². The summed E-state index contributed by atoms with van der Waals surface area (Å²) in [6, 6.07) is 7.08. The largest absolute Gasteiger partial charge is 0.497 e. The lowest BCUT2D eigenvalue weighted by Gasteiger charge is -1.99. The number of ether oxygens (including phenoxy) is 1. The Hall–Kier alpha value is -0.580. The van der Waals surface area contributed by atoms with E-state index in [1.54, 1.807) is 47.9 Å². The summed E-state index contributed by atoms with van der Waals surface area (Å²) in [6.07, 6.45) is 0. The van der Waals surface area contributed by atoms with Gasteiger partial charge in [-0.1, -0.05) is 12.1 Å². The van der Waals surface area contributed by atoms with E-state index in [0.29, 0.717) is 11.3 Å². The maximum Gasteiger partial charge on any atom is 0.222 e. The summed E-state index contributed by atoms with van der Waals surface area (Å²) in [7, 11) is 1.58. The Balaban J connectivity index is 3.01. The first kappa shape index (κ1) is 8.52. The van der Waals surface area contributed by atoms with Gasteiger partial charge in [-0.25, -0.2) is 0 Å². The number of halogens is 1. The van der Waals surface area contributed by atoms with Crippen LogP contribution in [0.4, 0.5) is 0 Å². The summed E-state index contributed by atoms with van der Waals surface area (Å²) in [5, 5.41) is 0. The van der Waals surface area contributed by atoms with E-state index in [4.69, 9.17) is 4.74 Å². The highest BCUT2D eigenvalue weighted by Crippen LogP contribution is 2.14. The van der Waals surface area contributed by atoms with Gasteiger partial charge in [0.2, 0.25) is 3.79 Å². The van der Waals surface area contributed by atoms with Crippen molar-refractivity contribution in [3.8, 4) is 5.75 Å².